The van der Waals surface area contributed by atoms with E-state index in [-0.39, 0.29) is 25.0 Å². The minimum atomic E-state index is -0.748. The van der Waals surface area contributed by atoms with Crippen molar-refractivity contribution in [1.82, 2.24) is 10.2 Å². The summed E-state index contributed by atoms with van der Waals surface area (Å²) < 4.78 is 0. The second kappa shape index (κ2) is 9.58. The molecule has 1 atom stereocenters. The van der Waals surface area contributed by atoms with Crippen LogP contribution in [0.15, 0.2) is 0 Å². The summed E-state index contributed by atoms with van der Waals surface area (Å²) in [6.07, 6.45) is 5.57. The number of aliphatic hydroxyl groups excluding tert-OH is 1. The number of aliphatic carboxylic acids is 1. The number of amides is 2. The summed E-state index contributed by atoms with van der Waals surface area (Å²) in [6, 6.07) is -0.0475. The first kappa shape index (κ1) is 16.8. The zero-order valence-corrected chi connectivity index (χ0v) is 12.0. The molecular weight excluding hydrogens is 260 g/mol. The molecular formula is C14H26N2O4. The Hall–Kier alpha value is -1.30. The Kier molecular flexibility index (Phi) is 8.02. The summed E-state index contributed by atoms with van der Waals surface area (Å²) in [6.45, 7) is 2.18. The van der Waals surface area contributed by atoms with Crippen molar-refractivity contribution in [2.24, 2.45) is 5.92 Å². The van der Waals surface area contributed by atoms with Gasteiger partial charge in [0.1, 0.15) is 0 Å². The molecule has 1 saturated heterocycles. The lowest BCUT2D eigenvalue weighted by Gasteiger charge is -2.31. The Bertz CT molecular complexity index is 310. The van der Waals surface area contributed by atoms with Crippen LogP contribution in [0.1, 0.15) is 44.9 Å². The molecule has 0 aromatic heterocycles. The summed E-state index contributed by atoms with van der Waals surface area (Å²) in [5.74, 6) is -0.535. The van der Waals surface area contributed by atoms with Crippen molar-refractivity contribution >= 4 is 12.0 Å². The fourth-order valence-electron chi connectivity index (χ4n) is 2.46. The Morgan fingerprint density at radius 3 is 2.65 bits per heavy atom. The average molecular weight is 286 g/mol. The summed E-state index contributed by atoms with van der Waals surface area (Å²) in [5.41, 5.74) is 0. The van der Waals surface area contributed by atoms with Gasteiger partial charge in [0.15, 0.2) is 0 Å². The molecule has 0 aliphatic carbocycles. The van der Waals surface area contributed by atoms with Crippen LogP contribution in [0.3, 0.4) is 0 Å². The molecule has 0 spiro atoms. The molecule has 0 saturated carbocycles. The van der Waals surface area contributed by atoms with Crippen molar-refractivity contribution in [3.8, 4) is 0 Å². The maximum atomic E-state index is 11.9. The van der Waals surface area contributed by atoms with Crippen LogP contribution in [0.25, 0.3) is 0 Å². The van der Waals surface area contributed by atoms with Gasteiger partial charge < -0.3 is 20.4 Å². The molecule has 1 heterocycles. The maximum absolute atomic E-state index is 11.9. The molecule has 1 aliphatic rings. The van der Waals surface area contributed by atoms with Crippen LogP contribution in [0.4, 0.5) is 4.79 Å². The number of carbonyl (C=O) groups is 2. The summed E-state index contributed by atoms with van der Waals surface area (Å²) in [4.78, 5) is 24.0. The van der Waals surface area contributed by atoms with Gasteiger partial charge >= 0.3 is 12.0 Å². The van der Waals surface area contributed by atoms with Crippen LogP contribution < -0.4 is 5.32 Å². The Morgan fingerprint density at radius 1 is 1.20 bits per heavy atom. The lowest BCUT2D eigenvalue weighted by Crippen LogP contribution is -2.46. The monoisotopic (exact) mass is 286 g/mol. The normalized spacial score (nSPS) is 18.9. The minimum Gasteiger partial charge on any atom is -0.481 e. The average Bonchev–Trinajstić information content (AvgIpc) is 2.45. The standard InChI is InChI=1S/C14H26N2O4/c17-11-12-6-5-9-16(10-12)14(20)15-8-4-2-1-3-7-13(18)19/h12,17H,1-11H2,(H,15,20)(H,18,19). The van der Waals surface area contributed by atoms with Crippen LogP contribution in [0.5, 0.6) is 0 Å². The molecule has 1 unspecified atom stereocenters. The van der Waals surface area contributed by atoms with Crippen LogP contribution in [-0.2, 0) is 4.79 Å². The molecule has 6 nitrogen and oxygen atoms in total. The van der Waals surface area contributed by atoms with E-state index in [0.717, 1.165) is 38.6 Å². The molecule has 20 heavy (non-hydrogen) atoms. The number of nitrogens with zero attached hydrogens (tertiary/aromatic N) is 1. The number of unbranched alkanes of at least 4 members (excludes halogenated alkanes) is 3. The van der Waals surface area contributed by atoms with Crippen molar-refractivity contribution < 1.29 is 19.8 Å². The topological polar surface area (TPSA) is 89.9 Å². The van der Waals surface area contributed by atoms with Crippen molar-refractivity contribution in [3.63, 3.8) is 0 Å². The third-order valence-corrected chi connectivity index (χ3v) is 3.66. The number of carbonyl (C=O) groups excluding carboxylic acids is 1. The number of aliphatic hydroxyl groups is 1. The van der Waals surface area contributed by atoms with Crippen molar-refractivity contribution in [2.75, 3.05) is 26.2 Å². The highest BCUT2D eigenvalue weighted by atomic mass is 16.4. The quantitative estimate of drug-likeness (QED) is 0.589. The molecule has 1 aliphatic heterocycles. The first-order valence-electron chi connectivity index (χ1n) is 7.49. The molecule has 0 aromatic carbocycles. The molecule has 0 bridgehead atoms. The number of carboxylic acid groups (broad SMARTS) is 1. The fourth-order valence-corrected chi connectivity index (χ4v) is 2.46. The van der Waals surface area contributed by atoms with E-state index in [0.29, 0.717) is 19.5 Å². The zero-order valence-electron chi connectivity index (χ0n) is 12.0. The SMILES string of the molecule is O=C(O)CCCCCCNC(=O)N1CCCC(CO)C1. The van der Waals surface area contributed by atoms with Gasteiger partial charge in [0.05, 0.1) is 0 Å². The number of likely N-dealkylation sites (tertiary alicyclic amines) is 1. The van der Waals surface area contributed by atoms with E-state index in [9.17, 15) is 9.59 Å². The lowest BCUT2D eigenvalue weighted by molar-refractivity contribution is -0.137. The van der Waals surface area contributed by atoms with Gasteiger partial charge in [0, 0.05) is 32.7 Å². The summed E-state index contributed by atoms with van der Waals surface area (Å²) >= 11 is 0. The molecule has 3 N–H and O–H groups in total. The second-order valence-electron chi connectivity index (χ2n) is 5.43. The van der Waals surface area contributed by atoms with E-state index in [1.165, 1.54) is 0 Å². The predicted octanol–water partition coefficient (Wildman–Crippen LogP) is 1.44. The van der Waals surface area contributed by atoms with Crippen LogP contribution in [0, 0.1) is 5.92 Å². The number of urea groups is 1. The Balaban J connectivity index is 2.03. The molecule has 1 rings (SSSR count). The molecule has 6 heteroatoms. The van der Waals surface area contributed by atoms with E-state index in [1.54, 1.807) is 4.90 Å². The largest absolute Gasteiger partial charge is 0.481 e. The van der Waals surface area contributed by atoms with Gasteiger partial charge in [-0.25, -0.2) is 4.79 Å². The van der Waals surface area contributed by atoms with Gasteiger partial charge in [-0.2, -0.15) is 0 Å². The van der Waals surface area contributed by atoms with Crippen molar-refractivity contribution in [3.05, 3.63) is 0 Å². The smallest absolute Gasteiger partial charge is 0.317 e. The van der Waals surface area contributed by atoms with Gasteiger partial charge in [-0.15, -0.1) is 0 Å². The number of nitrogens with one attached hydrogen (secondary N) is 1. The number of rotatable bonds is 8. The third-order valence-electron chi connectivity index (χ3n) is 3.66. The van der Waals surface area contributed by atoms with Gasteiger partial charge in [-0.05, 0) is 31.6 Å². The van der Waals surface area contributed by atoms with Gasteiger partial charge in [-0.1, -0.05) is 12.8 Å². The van der Waals surface area contributed by atoms with E-state index >= 15 is 0 Å². The van der Waals surface area contributed by atoms with E-state index in [4.69, 9.17) is 10.2 Å². The van der Waals surface area contributed by atoms with Gasteiger partial charge in [0.2, 0.25) is 0 Å². The highest BCUT2D eigenvalue weighted by molar-refractivity contribution is 5.74. The summed E-state index contributed by atoms with van der Waals surface area (Å²) in [7, 11) is 0. The van der Waals surface area contributed by atoms with E-state index < -0.39 is 5.97 Å². The lowest BCUT2D eigenvalue weighted by atomic mass is 9.99. The molecule has 1 fully saturated rings. The first-order valence-corrected chi connectivity index (χ1v) is 7.49. The highest BCUT2D eigenvalue weighted by Crippen LogP contribution is 2.15. The van der Waals surface area contributed by atoms with Crippen LogP contribution >= 0.6 is 0 Å². The second-order valence-corrected chi connectivity index (χ2v) is 5.43. The van der Waals surface area contributed by atoms with Crippen LogP contribution in [0.2, 0.25) is 0 Å². The van der Waals surface area contributed by atoms with Crippen LogP contribution in [-0.4, -0.2) is 53.4 Å². The predicted molar refractivity (Wildman–Crippen MR) is 75.5 cm³/mol. The molecule has 116 valence electrons. The Labute approximate surface area is 120 Å². The molecule has 0 radical (unpaired) electrons. The maximum Gasteiger partial charge on any atom is 0.317 e. The van der Waals surface area contributed by atoms with E-state index in [2.05, 4.69) is 5.32 Å². The number of carboxylic acids is 1. The minimum absolute atomic E-state index is 0.0475. The molecule has 2 amide bonds. The third kappa shape index (κ3) is 6.75. The van der Waals surface area contributed by atoms with Crippen molar-refractivity contribution in [1.29, 1.82) is 0 Å². The summed E-state index contributed by atoms with van der Waals surface area (Å²) in [5, 5.41) is 20.5. The first-order chi connectivity index (χ1) is 9.63. The number of hydrogen-bond acceptors (Lipinski definition) is 3. The Morgan fingerprint density at radius 2 is 1.95 bits per heavy atom. The molecule has 0 aromatic rings. The van der Waals surface area contributed by atoms with E-state index in [1.807, 2.05) is 0 Å². The van der Waals surface area contributed by atoms with Crippen molar-refractivity contribution in [2.45, 2.75) is 44.9 Å². The van der Waals surface area contributed by atoms with Gasteiger partial charge in [-0.3, -0.25) is 4.79 Å². The highest BCUT2D eigenvalue weighted by Gasteiger charge is 2.22. The number of hydrogen-bond donors (Lipinski definition) is 3. The number of piperidine rings is 1. The zero-order chi connectivity index (χ0) is 14.8. The van der Waals surface area contributed by atoms with Gasteiger partial charge in [0.25, 0.3) is 0 Å². The fraction of sp³-hybridized carbons (Fsp3) is 0.857.